The summed E-state index contributed by atoms with van der Waals surface area (Å²) < 4.78 is 34.5. The number of carboxylic acid groups (broad SMARTS) is 1. The van der Waals surface area contributed by atoms with E-state index in [0.717, 1.165) is 24.1 Å². The third-order valence-electron chi connectivity index (χ3n) is 5.64. The summed E-state index contributed by atoms with van der Waals surface area (Å²) in [6.45, 7) is 2.51. The molecule has 1 fully saturated rings. The first-order chi connectivity index (χ1) is 17.6. The van der Waals surface area contributed by atoms with Crippen molar-refractivity contribution >= 4 is 51.8 Å². The van der Waals surface area contributed by atoms with Crippen molar-refractivity contribution in [2.75, 3.05) is 29.7 Å². The number of nitrogens with zero attached hydrogens (tertiary/aromatic N) is 2. The molecule has 0 saturated carbocycles. The van der Waals surface area contributed by atoms with Crippen LogP contribution in [-0.2, 0) is 21.2 Å². The van der Waals surface area contributed by atoms with Gasteiger partial charge in [-0.25, -0.2) is 13.1 Å². The third kappa shape index (κ3) is 8.47. The van der Waals surface area contributed by atoms with Crippen LogP contribution in [0, 0.1) is 16.1 Å². The van der Waals surface area contributed by atoms with Crippen molar-refractivity contribution < 1.29 is 74.4 Å². The number of piperidine rings is 1. The zero-order chi connectivity index (χ0) is 26.6. The Labute approximate surface area is 273 Å². The molecule has 0 amide bonds. The second kappa shape index (κ2) is 13.7. The summed E-state index contributed by atoms with van der Waals surface area (Å²) >= 11 is 10.5. The van der Waals surface area contributed by atoms with Crippen LogP contribution in [0.5, 0.6) is 5.75 Å². The quantitative estimate of drug-likeness (QED) is 0.131. The SMILES string of the molecule is CS(=O)(=O)NC1[CH]N(c2cc(OCNc3cccc(-n4c(=S)[nH][nH]c4=S)c3)ccc2CC(=O)[O-])CCC1.[K+]. The Bertz CT molecular complexity index is 1480. The van der Waals surface area contributed by atoms with Gasteiger partial charge in [0, 0.05) is 42.4 Å². The van der Waals surface area contributed by atoms with Crippen LogP contribution >= 0.6 is 24.4 Å². The fourth-order valence-electron chi connectivity index (χ4n) is 4.12. The van der Waals surface area contributed by atoms with Crippen LogP contribution in [-0.4, -0.2) is 54.7 Å². The van der Waals surface area contributed by atoms with Gasteiger partial charge in [0.1, 0.15) is 5.75 Å². The number of aromatic nitrogens is 3. The molecule has 4 N–H and O–H groups in total. The monoisotopic (exact) mass is 601 g/mol. The second-order valence-corrected chi connectivity index (χ2v) is 11.1. The number of aromatic amines is 2. The van der Waals surface area contributed by atoms with Crippen molar-refractivity contribution in [3.05, 3.63) is 64.1 Å². The Kier molecular flexibility index (Phi) is 11.1. The summed E-state index contributed by atoms with van der Waals surface area (Å²) in [6, 6.07) is 12.2. The number of carboxylic acids is 1. The Hall–Kier alpha value is -1.56. The zero-order valence-electron chi connectivity index (χ0n) is 20.9. The minimum Gasteiger partial charge on any atom is -0.550 e. The number of sulfonamides is 1. The molecule has 0 spiro atoms. The molecule has 15 heteroatoms. The van der Waals surface area contributed by atoms with Crippen LogP contribution in [0.25, 0.3) is 5.69 Å². The molecule has 1 unspecified atom stereocenters. The molecule has 0 aliphatic carbocycles. The van der Waals surface area contributed by atoms with Crippen LogP contribution in [0.1, 0.15) is 18.4 Å². The number of anilines is 2. The van der Waals surface area contributed by atoms with E-state index in [1.807, 2.05) is 29.2 Å². The van der Waals surface area contributed by atoms with E-state index in [1.165, 1.54) is 0 Å². The molecule has 3 aromatic rings. The van der Waals surface area contributed by atoms with Crippen molar-refractivity contribution in [2.45, 2.75) is 25.3 Å². The van der Waals surface area contributed by atoms with E-state index >= 15 is 0 Å². The van der Waals surface area contributed by atoms with Crippen LogP contribution < -0.4 is 76.2 Å². The first-order valence-electron chi connectivity index (χ1n) is 11.4. The number of H-pyrrole nitrogens is 2. The molecule has 1 radical (unpaired) electrons. The zero-order valence-corrected chi connectivity index (χ0v) is 26.5. The Balaban J connectivity index is 0.00000400. The summed E-state index contributed by atoms with van der Waals surface area (Å²) in [5.41, 5.74) is 2.73. The minimum absolute atomic E-state index is 0. The molecule has 0 bridgehead atoms. The topological polar surface area (TPSA) is 147 Å². The average molecular weight is 602 g/mol. The second-order valence-electron chi connectivity index (χ2n) is 8.53. The van der Waals surface area contributed by atoms with E-state index in [-0.39, 0.29) is 70.6 Å². The molecular formula is C23H26KN6O5S3. The van der Waals surface area contributed by atoms with Crippen molar-refractivity contribution in [1.29, 1.82) is 0 Å². The standard InChI is InChI=1S/C23H27N6O5S3.K/c1-37(32,33)27-17-5-3-9-28(13-17)20-12-19(8-7-15(20)10-21(30)31)34-14-24-16-4-2-6-18(11-16)29-22(35)25-26-23(29)36;/h2,4,6-8,11-13,17,24,27H,3,5,9-10,14H2,1H3,(H,25,35)(H,26,36)(H,30,31);/q;+1/p-1. The molecule has 1 aromatic heterocycles. The number of ether oxygens (including phenoxy) is 1. The van der Waals surface area contributed by atoms with Gasteiger partial charge in [-0.2, -0.15) is 0 Å². The smallest absolute Gasteiger partial charge is 0.550 e. The van der Waals surface area contributed by atoms with Crippen LogP contribution in [0.2, 0.25) is 0 Å². The largest absolute Gasteiger partial charge is 1.00 e. The number of carbonyl (C=O) groups excluding carboxylic acids is 1. The van der Waals surface area contributed by atoms with Crippen LogP contribution in [0.3, 0.4) is 0 Å². The van der Waals surface area contributed by atoms with Gasteiger partial charge in [-0.05, 0) is 67.1 Å². The summed E-state index contributed by atoms with van der Waals surface area (Å²) in [5.74, 6) is -0.690. The fourth-order valence-corrected chi connectivity index (χ4v) is 5.40. The van der Waals surface area contributed by atoms with E-state index in [1.54, 1.807) is 29.3 Å². The molecule has 4 rings (SSSR count). The third-order valence-corrected chi connectivity index (χ3v) is 6.94. The molecule has 2 aromatic carbocycles. The predicted octanol–water partition coefficient (Wildman–Crippen LogP) is -0.983. The minimum atomic E-state index is -3.39. The van der Waals surface area contributed by atoms with E-state index < -0.39 is 16.0 Å². The van der Waals surface area contributed by atoms with Crippen LogP contribution in [0.4, 0.5) is 11.4 Å². The fraction of sp³-hybridized carbons (Fsp3) is 0.304. The molecule has 1 aliphatic rings. The van der Waals surface area contributed by atoms with Gasteiger partial charge in [0.25, 0.3) is 0 Å². The number of rotatable bonds is 10. The number of hydrogen-bond acceptors (Lipinski definition) is 9. The molecule has 11 nitrogen and oxygen atoms in total. The maximum absolute atomic E-state index is 11.7. The van der Waals surface area contributed by atoms with Gasteiger partial charge >= 0.3 is 51.4 Å². The Morgan fingerprint density at radius 1 is 1.18 bits per heavy atom. The van der Waals surface area contributed by atoms with Crippen LogP contribution in [0.15, 0.2) is 42.5 Å². The van der Waals surface area contributed by atoms with Gasteiger partial charge in [-0.1, -0.05) is 12.1 Å². The molecule has 38 heavy (non-hydrogen) atoms. The number of nitrogens with one attached hydrogen (secondary N) is 4. The molecule has 197 valence electrons. The van der Waals surface area contributed by atoms with Gasteiger partial charge in [-0.3, -0.25) is 14.8 Å². The van der Waals surface area contributed by atoms with Gasteiger partial charge in [0.15, 0.2) is 16.3 Å². The first-order valence-corrected chi connectivity index (χ1v) is 14.1. The van der Waals surface area contributed by atoms with E-state index in [4.69, 9.17) is 29.2 Å². The van der Waals surface area contributed by atoms with Crippen molar-refractivity contribution in [1.82, 2.24) is 19.5 Å². The Morgan fingerprint density at radius 3 is 2.61 bits per heavy atom. The van der Waals surface area contributed by atoms with Crippen molar-refractivity contribution in [3.8, 4) is 11.4 Å². The van der Waals surface area contributed by atoms with Gasteiger partial charge < -0.3 is 24.9 Å². The first kappa shape index (κ1) is 31.0. The van der Waals surface area contributed by atoms with Gasteiger partial charge in [0.05, 0.1) is 18.5 Å². The van der Waals surface area contributed by atoms with Gasteiger partial charge in [0.2, 0.25) is 10.0 Å². The maximum Gasteiger partial charge on any atom is 1.00 e. The van der Waals surface area contributed by atoms with E-state index in [9.17, 15) is 18.3 Å². The summed E-state index contributed by atoms with van der Waals surface area (Å²) in [5, 5.41) is 20.1. The molecule has 1 aliphatic heterocycles. The molecule has 2 heterocycles. The number of carbonyl (C=O) groups is 1. The molecular weight excluding hydrogens is 576 g/mol. The van der Waals surface area contributed by atoms with E-state index in [2.05, 4.69) is 20.2 Å². The number of benzene rings is 2. The summed E-state index contributed by atoms with van der Waals surface area (Å²) in [4.78, 5) is 13.2. The van der Waals surface area contributed by atoms with Crippen molar-refractivity contribution in [2.24, 2.45) is 0 Å². The number of hydrogen-bond donors (Lipinski definition) is 4. The summed E-state index contributed by atoms with van der Waals surface area (Å²) in [6.07, 6.45) is 2.21. The Morgan fingerprint density at radius 2 is 1.92 bits per heavy atom. The normalized spacial score (nSPS) is 15.5. The maximum atomic E-state index is 11.7. The van der Waals surface area contributed by atoms with Gasteiger partial charge in [-0.15, -0.1) is 0 Å². The molecule has 1 atom stereocenters. The predicted molar refractivity (Wildman–Crippen MR) is 143 cm³/mol. The average Bonchev–Trinajstić information content (AvgIpc) is 3.16. The number of aliphatic carboxylic acids is 1. The summed E-state index contributed by atoms with van der Waals surface area (Å²) in [7, 11) is -3.39. The van der Waals surface area contributed by atoms with Crippen molar-refractivity contribution in [3.63, 3.8) is 0 Å². The molecule has 1 saturated heterocycles. The van der Waals surface area contributed by atoms with E-state index in [0.29, 0.717) is 39.5 Å².